The molecule has 0 bridgehead atoms. The standard InChI is InChI=1S/C19H28N4O/c20-19(23-11-4-1-5-12-23)21-14-15-7-6-10-17(13-15)22-18(24)16-8-2-3-9-16/h6-7,10,13,16H,1-5,8-9,11-12,14H2,(H2,20,21)(H,22,24). The number of carbonyl (C=O) groups excluding carboxylic acids is 1. The van der Waals surface area contributed by atoms with Crippen molar-refractivity contribution in [1.82, 2.24) is 4.90 Å². The predicted octanol–water partition coefficient (Wildman–Crippen LogP) is 3.12. The molecule has 1 aromatic rings. The molecule has 0 atom stereocenters. The summed E-state index contributed by atoms with van der Waals surface area (Å²) >= 11 is 0. The number of amides is 1. The zero-order chi connectivity index (χ0) is 16.8. The van der Waals surface area contributed by atoms with E-state index in [1.54, 1.807) is 0 Å². The number of carbonyl (C=O) groups is 1. The zero-order valence-corrected chi connectivity index (χ0v) is 14.3. The molecule has 1 saturated heterocycles. The first-order valence-electron chi connectivity index (χ1n) is 9.17. The maximum absolute atomic E-state index is 12.2. The molecule has 2 aliphatic rings. The summed E-state index contributed by atoms with van der Waals surface area (Å²) in [5, 5.41) is 3.05. The normalized spacial score (nSPS) is 19.5. The molecule has 1 aliphatic heterocycles. The Morgan fingerprint density at radius 3 is 2.67 bits per heavy atom. The van der Waals surface area contributed by atoms with Gasteiger partial charge in [-0.1, -0.05) is 25.0 Å². The molecule has 0 radical (unpaired) electrons. The van der Waals surface area contributed by atoms with Crippen LogP contribution in [0.1, 0.15) is 50.5 Å². The van der Waals surface area contributed by atoms with Crippen molar-refractivity contribution < 1.29 is 4.79 Å². The molecular formula is C19H28N4O. The minimum Gasteiger partial charge on any atom is -0.370 e. The molecule has 0 unspecified atom stereocenters. The Balaban J connectivity index is 1.57. The number of likely N-dealkylation sites (tertiary alicyclic amines) is 1. The lowest BCUT2D eigenvalue weighted by Gasteiger charge is -2.27. The summed E-state index contributed by atoms with van der Waals surface area (Å²) < 4.78 is 0. The topological polar surface area (TPSA) is 70.7 Å². The molecule has 3 rings (SSSR count). The quantitative estimate of drug-likeness (QED) is 0.659. The summed E-state index contributed by atoms with van der Waals surface area (Å²) in [4.78, 5) is 18.9. The molecule has 2 fully saturated rings. The maximum atomic E-state index is 12.2. The lowest BCUT2D eigenvalue weighted by molar-refractivity contribution is -0.119. The average Bonchev–Trinajstić information content (AvgIpc) is 3.15. The van der Waals surface area contributed by atoms with Crippen LogP contribution in [-0.2, 0) is 11.3 Å². The SMILES string of the molecule is NC(=NCc1cccc(NC(=O)C2CCCC2)c1)N1CCCCC1. The third kappa shape index (κ3) is 4.49. The van der Waals surface area contributed by atoms with Gasteiger partial charge >= 0.3 is 0 Å². The van der Waals surface area contributed by atoms with Crippen molar-refractivity contribution in [1.29, 1.82) is 0 Å². The van der Waals surface area contributed by atoms with Crippen LogP contribution in [0.3, 0.4) is 0 Å². The van der Waals surface area contributed by atoms with Crippen LogP contribution >= 0.6 is 0 Å². The second kappa shape index (κ2) is 8.18. The van der Waals surface area contributed by atoms with Crippen LogP contribution in [0.25, 0.3) is 0 Å². The van der Waals surface area contributed by atoms with E-state index in [0.29, 0.717) is 12.5 Å². The highest BCUT2D eigenvalue weighted by Gasteiger charge is 2.22. The second-order valence-electron chi connectivity index (χ2n) is 6.89. The third-order valence-corrected chi connectivity index (χ3v) is 5.02. The van der Waals surface area contributed by atoms with Crippen LogP contribution in [0.15, 0.2) is 29.3 Å². The van der Waals surface area contributed by atoms with E-state index in [1.165, 1.54) is 32.1 Å². The Labute approximate surface area is 144 Å². The Kier molecular flexibility index (Phi) is 5.72. The van der Waals surface area contributed by atoms with E-state index in [4.69, 9.17) is 5.73 Å². The van der Waals surface area contributed by atoms with Gasteiger partial charge in [0.05, 0.1) is 6.54 Å². The lowest BCUT2D eigenvalue weighted by atomic mass is 10.1. The zero-order valence-electron chi connectivity index (χ0n) is 14.3. The van der Waals surface area contributed by atoms with Crippen molar-refractivity contribution in [2.45, 2.75) is 51.5 Å². The summed E-state index contributed by atoms with van der Waals surface area (Å²) in [5.41, 5.74) is 8.03. The Morgan fingerprint density at radius 1 is 1.17 bits per heavy atom. The number of aliphatic imine (C=N–C) groups is 1. The number of benzene rings is 1. The second-order valence-corrected chi connectivity index (χ2v) is 6.89. The van der Waals surface area contributed by atoms with Crippen molar-refractivity contribution in [3.63, 3.8) is 0 Å². The van der Waals surface area contributed by atoms with Crippen LogP contribution in [0.2, 0.25) is 0 Å². The first kappa shape index (κ1) is 16.8. The first-order chi connectivity index (χ1) is 11.7. The Morgan fingerprint density at radius 2 is 1.92 bits per heavy atom. The summed E-state index contributed by atoms with van der Waals surface area (Å²) in [5.74, 6) is 0.970. The van der Waals surface area contributed by atoms with E-state index in [1.807, 2.05) is 24.3 Å². The van der Waals surface area contributed by atoms with Gasteiger partial charge in [0, 0.05) is 24.7 Å². The molecular weight excluding hydrogens is 300 g/mol. The van der Waals surface area contributed by atoms with Crippen LogP contribution in [-0.4, -0.2) is 29.9 Å². The molecule has 0 aromatic heterocycles. The van der Waals surface area contributed by atoms with Gasteiger partial charge in [-0.3, -0.25) is 4.79 Å². The Hall–Kier alpha value is -2.04. The number of rotatable bonds is 4. The summed E-state index contributed by atoms with van der Waals surface area (Å²) in [6, 6.07) is 7.93. The summed E-state index contributed by atoms with van der Waals surface area (Å²) in [6.45, 7) is 2.56. The van der Waals surface area contributed by atoms with Gasteiger partial charge in [0.25, 0.3) is 0 Å². The molecule has 3 N–H and O–H groups in total. The summed E-state index contributed by atoms with van der Waals surface area (Å²) in [7, 11) is 0. The molecule has 5 nitrogen and oxygen atoms in total. The largest absolute Gasteiger partial charge is 0.370 e. The molecule has 1 amide bonds. The van der Waals surface area contributed by atoms with Crippen molar-refractivity contribution >= 4 is 17.6 Å². The van der Waals surface area contributed by atoms with Crippen molar-refractivity contribution in [2.75, 3.05) is 18.4 Å². The number of nitrogens with zero attached hydrogens (tertiary/aromatic N) is 2. The van der Waals surface area contributed by atoms with E-state index in [2.05, 4.69) is 15.2 Å². The number of hydrogen-bond acceptors (Lipinski definition) is 2. The number of anilines is 1. The summed E-state index contributed by atoms with van der Waals surface area (Å²) in [6.07, 6.45) is 8.04. The fourth-order valence-corrected chi connectivity index (χ4v) is 3.58. The first-order valence-corrected chi connectivity index (χ1v) is 9.17. The molecule has 0 spiro atoms. The van der Waals surface area contributed by atoms with Crippen LogP contribution < -0.4 is 11.1 Å². The fraction of sp³-hybridized carbons (Fsp3) is 0.579. The molecule has 5 heteroatoms. The number of nitrogens with one attached hydrogen (secondary N) is 1. The van der Waals surface area contributed by atoms with Gasteiger partial charge in [0.1, 0.15) is 0 Å². The number of nitrogens with two attached hydrogens (primary N) is 1. The van der Waals surface area contributed by atoms with Crippen LogP contribution in [0.5, 0.6) is 0 Å². The van der Waals surface area contributed by atoms with E-state index in [-0.39, 0.29) is 11.8 Å². The van der Waals surface area contributed by atoms with Gasteiger partial charge in [0.15, 0.2) is 5.96 Å². The number of hydrogen-bond donors (Lipinski definition) is 2. The predicted molar refractivity (Wildman–Crippen MR) is 97.8 cm³/mol. The highest BCUT2D eigenvalue weighted by Crippen LogP contribution is 2.26. The van der Waals surface area contributed by atoms with Crippen molar-refractivity contribution in [3.8, 4) is 0 Å². The minimum atomic E-state index is 0.154. The average molecular weight is 328 g/mol. The third-order valence-electron chi connectivity index (χ3n) is 5.02. The van der Waals surface area contributed by atoms with E-state index in [0.717, 1.165) is 37.2 Å². The van der Waals surface area contributed by atoms with Crippen molar-refractivity contribution in [2.24, 2.45) is 16.6 Å². The molecule has 130 valence electrons. The van der Waals surface area contributed by atoms with Crippen LogP contribution in [0, 0.1) is 5.92 Å². The van der Waals surface area contributed by atoms with Gasteiger partial charge in [-0.25, -0.2) is 4.99 Å². The van der Waals surface area contributed by atoms with Gasteiger partial charge in [-0.05, 0) is 49.8 Å². The molecule has 1 saturated carbocycles. The fourth-order valence-electron chi connectivity index (χ4n) is 3.58. The van der Waals surface area contributed by atoms with E-state index >= 15 is 0 Å². The molecule has 1 heterocycles. The highest BCUT2D eigenvalue weighted by molar-refractivity contribution is 5.92. The van der Waals surface area contributed by atoms with Crippen molar-refractivity contribution in [3.05, 3.63) is 29.8 Å². The van der Waals surface area contributed by atoms with Gasteiger partial charge in [-0.15, -0.1) is 0 Å². The minimum absolute atomic E-state index is 0.154. The highest BCUT2D eigenvalue weighted by atomic mass is 16.1. The van der Waals surface area contributed by atoms with Gasteiger partial charge in [0.2, 0.25) is 5.91 Å². The maximum Gasteiger partial charge on any atom is 0.227 e. The molecule has 24 heavy (non-hydrogen) atoms. The molecule has 1 aliphatic carbocycles. The monoisotopic (exact) mass is 328 g/mol. The Bertz CT molecular complexity index is 587. The smallest absolute Gasteiger partial charge is 0.227 e. The van der Waals surface area contributed by atoms with E-state index in [9.17, 15) is 4.79 Å². The van der Waals surface area contributed by atoms with Gasteiger partial charge in [-0.2, -0.15) is 0 Å². The van der Waals surface area contributed by atoms with E-state index < -0.39 is 0 Å². The van der Waals surface area contributed by atoms with Gasteiger partial charge < -0.3 is 16.0 Å². The number of piperidine rings is 1. The van der Waals surface area contributed by atoms with Crippen LogP contribution in [0.4, 0.5) is 5.69 Å². The number of guanidine groups is 1. The molecule has 1 aromatic carbocycles. The lowest BCUT2D eigenvalue weighted by Crippen LogP contribution is -2.40.